The van der Waals surface area contributed by atoms with Crippen molar-refractivity contribution in [3.63, 3.8) is 0 Å². The fraction of sp³-hybridized carbons (Fsp3) is 0.929. The number of hydrogen-bond donors (Lipinski definition) is 1. The van der Waals surface area contributed by atoms with Crippen molar-refractivity contribution >= 4 is 0 Å². The molecule has 4 heteroatoms. The molecule has 0 radical (unpaired) electrons. The van der Waals surface area contributed by atoms with E-state index in [1.807, 2.05) is 6.92 Å². The fourth-order valence-electron chi connectivity index (χ4n) is 2.16. The van der Waals surface area contributed by atoms with Crippen molar-refractivity contribution in [2.75, 3.05) is 40.3 Å². The summed E-state index contributed by atoms with van der Waals surface area (Å²) in [5, 5.41) is 12.7. The van der Waals surface area contributed by atoms with Crippen LogP contribution in [0.3, 0.4) is 0 Å². The van der Waals surface area contributed by atoms with Gasteiger partial charge in [0.2, 0.25) is 0 Å². The Morgan fingerprint density at radius 2 is 1.89 bits per heavy atom. The Morgan fingerprint density at radius 1 is 1.28 bits per heavy atom. The smallest absolute Gasteiger partial charge is 0.116 e. The van der Waals surface area contributed by atoms with Crippen LogP contribution in [0.15, 0.2) is 0 Å². The van der Waals surface area contributed by atoms with Gasteiger partial charge < -0.3 is 9.80 Å². The van der Waals surface area contributed by atoms with E-state index in [-0.39, 0.29) is 0 Å². The Hall–Kier alpha value is -0.630. The highest BCUT2D eigenvalue weighted by atomic mass is 15.2. The van der Waals surface area contributed by atoms with Gasteiger partial charge in [-0.3, -0.25) is 5.32 Å². The molecule has 106 valence electrons. The lowest BCUT2D eigenvalue weighted by molar-refractivity contribution is 0.212. The second kappa shape index (κ2) is 8.47. The highest BCUT2D eigenvalue weighted by Crippen LogP contribution is 2.08. The van der Waals surface area contributed by atoms with Crippen LogP contribution in [0.25, 0.3) is 0 Å². The van der Waals surface area contributed by atoms with Crippen LogP contribution in [-0.2, 0) is 0 Å². The number of nitrogens with one attached hydrogen (secondary N) is 1. The largest absolute Gasteiger partial charge is 0.309 e. The number of nitriles is 1. The average molecular weight is 254 g/mol. The number of likely N-dealkylation sites (N-methyl/N-ethyl adjacent to an activating group) is 1. The molecule has 0 fully saturated rings. The van der Waals surface area contributed by atoms with Crippen molar-refractivity contribution in [2.24, 2.45) is 0 Å². The minimum atomic E-state index is -0.456. The highest BCUT2D eigenvalue weighted by molar-refractivity contribution is 5.06. The molecular formula is C14H30N4. The number of nitrogens with zero attached hydrogens (tertiary/aromatic N) is 3. The van der Waals surface area contributed by atoms with E-state index >= 15 is 0 Å². The molecule has 0 aliphatic carbocycles. The van der Waals surface area contributed by atoms with Gasteiger partial charge in [-0.15, -0.1) is 0 Å². The summed E-state index contributed by atoms with van der Waals surface area (Å²) in [6, 6.07) is 2.74. The molecule has 0 bridgehead atoms. The normalized spacial score (nSPS) is 15.1. The van der Waals surface area contributed by atoms with E-state index in [9.17, 15) is 5.26 Å². The van der Waals surface area contributed by atoms with Gasteiger partial charge in [-0.05, 0) is 60.9 Å². The zero-order valence-electron chi connectivity index (χ0n) is 13.0. The van der Waals surface area contributed by atoms with E-state index in [0.29, 0.717) is 6.04 Å². The summed E-state index contributed by atoms with van der Waals surface area (Å²) in [5.74, 6) is 0. The highest BCUT2D eigenvalue weighted by Gasteiger charge is 2.26. The molecule has 0 aliphatic rings. The molecule has 0 spiro atoms. The minimum Gasteiger partial charge on any atom is -0.309 e. The minimum absolute atomic E-state index is 0.329. The van der Waals surface area contributed by atoms with Gasteiger partial charge in [0.15, 0.2) is 0 Å². The molecule has 0 amide bonds. The molecular weight excluding hydrogens is 224 g/mol. The second-order valence-electron chi connectivity index (χ2n) is 5.77. The zero-order chi connectivity index (χ0) is 14.2. The van der Waals surface area contributed by atoms with E-state index in [2.05, 4.69) is 56.1 Å². The van der Waals surface area contributed by atoms with Gasteiger partial charge in [-0.2, -0.15) is 5.26 Å². The molecule has 1 atom stereocenters. The standard InChI is InChI=1S/C14H30N4/c1-7-18(10-8-9-17(5)6)12-14(4,11-15)16-13(2)3/h13,16H,7-10,12H2,1-6H3. The monoisotopic (exact) mass is 254 g/mol. The Bertz CT molecular complexity index is 257. The molecule has 0 saturated heterocycles. The van der Waals surface area contributed by atoms with Crippen LogP contribution in [0.2, 0.25) is 0 Å². The van der Waals surface area contributed by atoms with Crippen molar-refractivity contribution in [2.45, 2.75) is 45.7 Å². The predicted octanol–water partition coefficient (Wildman–Crippen LogP) is 1.54. The van der Waals surface area contributed by atoms with E-state index < -0.39 is 5.54 Å². The first kappa shape index (κ1) is 17.4. The lowest BCUT2D eigenvalue weighted by Crippen LogP contribution is -2.53. The third-order valence-electron chi connectivity index (χ3n) is 2.92. The van der Waals surface area contributed by atoms with Crippen molar-refractivity contribution < 1.29 is 0 Å². The van der Waals surface area contributed by atoms with Crippen molar-refractivity contribution in [3.05, 3.63) is 0 Å². The van der Waals surface area contributed by atoms with Gasteiger partial charge >= 0.3 is 0 Å². The van der Waals surface area contributed by atoms with E-state index in [0.717, 1.165) is 32.6 Å². The van der Waals surface area contributed by atoms with Gasteiger partial charge in [-0.1, -0.05) is 6.92 Å². The van der Waals surface area contributed by atoms with Gasteiger partial charge in [0.05, 0.1) is 6.07 Å². The van der Waals surface area contributed by atoms with Crippen LogP contribution >= 0.6 is 0 Å². The quantitative estimate of drug-likeness (QED) is 0.678. The van der Waals surface area contributed by atoms with Crippen LogP contribution in [-0.4, -0.2) is 61.7 Å². The van der Waals surface area contributed by atoms with Crippen LogP contribution in [0.5, 0.6) is 0 Å². The molecule has 0 aromatic carbocycles. The molecule has 0 heterocycles. The van der Waals surface area contributed by atoms with Gasteiger partial charge in [0, 0.05) is 12.6 Å². The second-order valence-corrected chi connectivity index (χ2v) is 5.77. The zero-order valence-corrected chi connectivity index (χ0v) is 13.0. The van der Waals surface area contributed by atoms with Crippen LogP contribution in [0.1, 0.15) is 34.1 Å². The van der Waals surface area contributed by atoms with Gasteiger partial charge in [-0.25, -0.2) is 0 Å². The average Bonchev–Trinajstić information content (AvgIpc) is 2.26. The number of hydrogen-bond acceptors (Lipinski definition) is 4. The van der Waals surface area contributed by atoms with Crippen molar-refractivity contribution in [1.29, 1.82) is 5.26 Å². The molecule has 4 nitrogen and oxygen atoms in total. The maximum Gasteiger partial charge on any atom is 0.116 e. The Balaban J connectivity index is 4.27. The first-order valence-electron chi connectivity index (χ1n) is 6.89. The van der Waals surface area contributed by atoms with Crippen LogP contribution in [0.4, 0.5) is 0 Å². The summed E-state index contributed by atoms with van der Waals surface area (Å²) in [6.45, 7) is 12.2. The summed E-state index contributed by atoms with van der Waals surface area (Å²) >= 11 is 0. The van der Waals surface area contributed by atoms with Crippen LogP contribution in [0, 0.1) is 11.3 Å². The third kappa shape index (κ3) is 7.65. The lowest BCUT2D eigenvalue weighted by atomic mass is 10.0. The lowest BCUT2D eigenvalue weighted by Gasteiger charge is -2.32. The number of rotatable bonds is 9. The Labute approximate surface area is 113 Å². The molecule has 0 aromatic heterocycles. The van der Waals surface area contributed by atoms with E-state index in [1.54, 1.807) is 0 Å². The third-order valence-corrected chi connectivity index (χ3v) is 2.92. The summed E-state index contributed by atoms with van der Waals surface area (Å²) in [4.78, 5) is 4.55. The summed E-state index contributed by atoms with van der Waals surface area (Å²) in [7, 11) is 4.19. The molecule has 18 heavy (non-hydrogen) atoms. The maximum atomic E-state index is 9.34. The Morgan fingerprint density at radius 3 is 2.28 bits per heavy atom. The van der Waals surface area contributed by atoms with Crippen molar-refractivity contribution in [3.8, 4) is 6.07 Å². The summed E-state index contributed by atoms with van der Waals surface area (Å²) in [6.07, 6.45) is 1.14. The van der Waals surface area contributed by atoms with Crippen molar-refractivity contribution in [1.82, 2.24) is 15.1 Å². The SMILES string of the molecule is CCN(CCCN(C)C)CC(C)(C#N)NC(C)C. The molecule has 0 rings (SSSR count). The molecule has 1 unspecified atom stereocenters. The first-order valence-corrected chi connectivity index (χ1v) is 6.89. The predicted molar refractivity (Wildman–Crippen MR) is 77.6 cm³/mol. The molecule has 0 aromatic rings. The van der Waals surface area contributed by atoms with E-state index in [4.69, 9.17) is 0 Å². The molecule has 0 aliphatic heterocycles. The topological polar surface area (TPSA) is 42.3 Å². The summed E-state index contributed by atoms with van der Waals surface area (Å²) < 4.78 is 0. The first-order chi connectivity index (χ1) is 8.33. The molecule has 0 saturated carbocycles. The summed E-state index contributed by atoms with van der Waals surface area (Å²) in [5.41, 5.74) is -0.456. The van der Waals surface area contributed by atoms with Gasteiger partial charge in [0.25, 0.3) is 0 Å². The Kier molecular flexibility index (Phi) is 8.17. The van der Waals surface area contributed by atoms with Gasteiger partial charge in [0.1, 0.15) is 5.54 Å². The van der Waals surface area contributed by atoms with Crippen LogP contribution < -0.4 is 5.32 Å². The van der Waals surface area contributed by atoms with E-state index in [1.165, 1.54) is 0 Å². The maximum absolute atomic E-state index is 9.34. The molecule has 1 N–H and O–H groups in total. The fourth-order valence-corrected chi connectivity index (χ4v) is 2.16.